The van der Waals surface area contributed by atoms with Gasteiger partial charge in [0.05, 0.1) is 12.1 Å². The molecule has 130 valence electrons. The zero-order chi connectivity index (χ0) is 16.7. The molecule has 1 aromatic heterocycles. The second kappa shape index (κ2) is 6.48. The zero-order valence-electron chi connectivity index (χ0n) is 14.2. The van der Waals surface area contributed by atoms with Gasteiger partial charge in [0.25, 0.3) is 5.91 Å². The normalized spacial score (nSPS) is 25.5. The topological polar surface area (TPSA) is 61.4 Å². The molecule has 6 heteroatoms. The molecule has 24 heavy (non-hydrogen) atoms. The molecule has 2 N–H and O–H groups in total. The third-order valence-electron chi connectivity index (χ3n) is 5.75. The van der Waals surface area contributed by atoms with Crippen molar-refractivity contribution in [2.24, 2.45) is 5.92 Å². The predicted molar refractivity (Wildman–Crippen MR) is 95.7 cm³/mol. The minimum Gasteiger partial charge on any atom is -0.355 e. The number of aryl methyl sites for hydroxylation is 1. The molecule has 0 spiro atoms. The van der Waals surface area contributed by atoms with Crippen LogP contribution in [0.4, 0.5) is 5.00 Å². The fraction of sp³-hybridized carbons (Fsp3) is 0.667. The molecule has 0 aromatic carbocycles. The summed E-state index contributed by atoms with van der Waals surface area (Å²) in [6, 6.07) is 0.593. The summed E-state index contributed by atoms with van der Waals surface area (Å²) in [5.41, 5.74) is 1.86. The number of piperidine rings is 1. The second-order valence-corrected chi connectivity index (χ2v) is 8.41. The van der Waals surface area contributed by atoms with Crippen LogP contribution in [-0.4, -0.2) is 42.9 Å². The van der Waals surface area contributed by atoms with Gasteiger partial charge in [0.1, 0.15) is 5.00 Å². The van der Waals surface area contributed by atoms with Crippen molar-refractivity contribution in [2.45, 2.75) is 51.0 Å². The third kappa shape index (κ3) is 2.86. The van der Waals surface area contributed by atoms with Gasteiger partial charge < -0.3 is 10.6 Å². The van der Waals surface area contributed by atoms with Gasteiger partial charge in [-0.3, -0.25) is 14.5 Å². The van der Waals surface area contributed by atoms with Crippen LogP contribution in [0.5, 0.6) is 0 Å². The number of hydrogen-bond donors (Lipinski definition) is 2. The predicted octanol–water partition coefficient (Wildman–Crippen LogP) is 2.41. The largest absolute Gasteiger partial charge is 0.355 e. The van der Waals surface area contributed by atoms with Crippen LogP contribution in [0.25, 0.3) is 0 Å². The van der Waals surface area contributed by atoms with Crippen LogP contribution in [0.1, 0.15) is 52.9 Å². The van der Waals surface area contributed by atoms with Gasteiger partial charge in [-0.1, -0.05) is 0 Å². The molecular formula is C18H25N3O2S. The van der Waals surface area contributed by atoms with Crippen LogP contribution in [0, 0.1) is 5.92 Å². The van der Waals surface area contributed by atoms with Crippen molar-refractivity contribution in [3.63, 3.8) is 0 Å². The first-order valence-corrected chi connectivity index (χ1v) is 9.88. The Balaban J connectivity index is 1.50. The smallest absolute Gasteiger partial charge is 0.254 e. The maximum absolute atomic E-state index is 12.5. The van der Waals surface area contributed by atoms with Crippen molar-refractivity contribution in [3.8, 4) is 0 Å². The lowest BCUT2D eigenvalue weighted by atomic mass is 9.95. The molecule has 2 aliphatic carbocycles. The lowest BCUT2D eigenvalue weighted by Gasteiger charge is -2.25. The summed E-state index contributed by atoms with van der Waals surface area (Å²) < 4.78 is 0. The number of thiophene rings is 1. The highest BCUT2D eigenvalue weighted by Crippen LogP contribution is 2.39. The number of likely N-dealkylation sites (tertiary alicyclic amines) is 1. The first-order chi connectivity index (χ1) is 11.7. The van der Waals surface area contributed by atoms with Gasteiger partial charge >= 0.3 is 0 Å². The van der Waals surface area contributed by atoms with E-state index in [1.165, 1.54) is 30.6 Å². The molecular weight excluding hydrogens is 322 g/mol. The average Bonchev–Trinajstić information content (AvgIpc) is 3.27. The molecule has 1 aliphatic heterocycles. The van der Waals surface area contributed by atoms with E-state index in [1.807, 2.05) is 0 Å². The maximum Gasteiger partial charge on any atom is 0.254 e. The van der Waals surface area contributed by atoms with Crippen molar-refractivity contribution in [1.82, 2.24) is 10.2 Å². The summed E-state index contributed by atoms with van der Waals surface area (Å²) in [5.74, 6) is 0.731. The summed E-state index contributed by atoms with van der Waals surface area (Å²) in [6.07, 6.45) is 8.07. The van der Waals surface area contributed by atoms with Crippen molar-refractivity contribution in [3.05, 3.63) is 16.0 Å². The van der Waals surface area contributed by atoms with E-state index < -0.39 is 0 Å². The van der Waals surface area contributed by atoms with E-state index in [9.17, 15) is 9.59 Å². The van der Waals surface area contributed by atoms with E-state index in [2.05, 4.69) is 15.5 Å². The Bertz CT molecular complexity index is 669. The van der Waals surface area contributed by atoms with E-state index in [-0.39, 0.29) is 11.8 Å². The molecule has 3 aliphatic rings. The molecule has 2 amide bonds. The van der Waals surface area contributed by atoms with Crippen LogP contribution in [0.15, 0.2) is 0 Å². The Labute approximate surface area is 146 Å². The van der Waals surface area contributed by atoms with Gasteiger partial charge in [-0.05, 0) is 56.4 Å². The number of carbonyl (C=O) groups excluding carboxylic acids is 2. The Morgan fingerprint density at radius 3 is 2.79 bits per heavy atom. The van der Waals surface area contributed by atoms with E-state index >= 15 is 0 Å². The minimum atomic E-state index is -0.0788. The van der Waals surface area contributed by atoms with Crippen molar-refractivity contribution >= 4 is 28.2 Å². The lowest BCUT2D eigenvalue weighted by Crippen LogP contribution is -2.38. The molecule has 2 fully saturated rings. The molecule has 0 unspecified atom stereocenters. The fourth-order valence-corrected chi connectivity index (χ4v) is 5.89. The quantitative estimate of drug-likeness (QED) is 0.879. The average molecular weight is 347 g/mol. The van der Waals surface area contributed by atoms with Crippen LogP contribution >= 0.6 is 11.3 Å². The fourth-order valence-electron chi connectivity index (χ4n) is 4.59. The standard InChI is InChI=1S/C18H25N3O2S/c1-19-17(23)16-13-4-2-3-5-14(13)24-18(16)20-15(22)10-21-9-11-6-7-12(21)8-11/h11-12H,2-10H2,1H3,(H,19,23)(H,20,22)/t11-,12-/m0/s1. The van der Waals surface area contributed by atoms with Gasteiger partial charge in [-0.25, -0.2) is 0 Å². The summed E-state index contributed by atoms with van der Waals surface area (Å²) in [4.78, 5) is 28.5. The number of nitrogens with zero attached hydrogens (tertiary/aromatic N) is 1. The van der Waals surface area contributed by atoms with E-state index in [4.69, 9.17) is 0 Å². The highest BCUT2D eigenvalue weighted by Gasteiger charge is 2.38. The van der Waals surface area contributed by atoms with Gasteiger partial charge in [-0.2, -0.15) is 0 Å². The van der Waals surface area contributed by atoms with Crippen LogP contribution in [0.3, 0.4) is 0 Å². The Morgan fingerprint density at radius 1 is 1.25 bits per heavy atom. The van der Waals surface area contributed by atoms with Gasteiger partial charge in [0.15, 0.2) is 0 Å². The number of amides is 2. The first-order valence-electron chi connectivity index (χ1n) is 9.06. The molecule has 2 atom stereocenters. The van der Waals surface area contributed by atoms with Gasteiger partial charge in [0, 0.05) is 24.5 Å². The van der Waals surface area contributed by atoms with E-state index in [1.54, 1.807) is 18.4 Å². The molecule has 1 saturated carbocycles. The van der Waals surface area contributed by atoms with Crippen molar-refractivity contribution < 1.29 is 9.59 Å². The monoisotopic (exact) mass is 347 g/mol. The summed E-state index contributed by atoms with van der Waals surface area (Å²) in [7, 11) is 1.65. The van der Waals surface area contributed by atoms with Gasteiger partial charge in [-0.15, -0.1) is 11.3 Å². The molecule has 2 bridgehead atoms. The molecule has 1 aromatic rings. The highest BCUT2D eigenvalue weighted by molar-refractivity contribution is 7.17. The maximum atomic E-state index is 12.5. The third-order valence-corrected chi connectivity index (χ3v) is 6.95. The van der Waals surface area contributed by atoms with Crippen molar-refractivity contribution in [1.29, 1.82) is 0 Å². The Kier molecular flexibility index (Phi) is 4.35. The summed E-state index contributed by atoms with van der Waals surface area (Å²) >= 11 is 1.60. The number of carbonyl (C=O) groups is 2. The van der Waals surface area contributed by atoms with Crippen LogP contribution < -0.4 is 10.6 Å². The lowest BCUT2D eigenvalue weighted by molar-refractivity contribution is -0.117. The molecule has 0 radical (unpaired) electrons. The summed E-state index contributed by atoms with van der Waals surface area (Å²) in [6.45, 7) is 1.51. The molecule has 5 nitrogen and oxygen atoms in total. The van der Waals surface area contributed by atoms with Crippen molar-refractivity contribution in [2.75, 3.05) is 25.5 Å². The Hall–Kier alpha value is -1.40. The number of nitrogens with one attached hydrogen (secondary N) is 2. The first kappa shape index (κ1) is 16.1. The number of anilines is 1. The molecule has 2 heterocycles. The molecule has 4 rings (SSSR count). The summed E-state index contributed by atoms with van der Waals surface area (Å²) in [5, 5.41) is 6.52. The molecule has 1 saturated heterocycles. The van der Waals surface area contributed by atoms with Crippen LogP contribution in [-0.2, 0) is 17.6 Å². The zero-order valence-corrected chi connectivity index (χ0v) is 15.0. The SMILES string of the molecule is CNC(=O)c1c(NC(=O)CN2C[C@H]3CC[C@H]2C3)sc2c1CCCC2. The number of rotatable bonds is 4. The van der Waals surface area contributed by atoms with Crippen LogP contribution in [0.2, 0.25) is 0 Å². The second-order valence-electron chi connectivity index (χ2n) is 7.30. The highest BCUT2D eigenvalue weighted by atomic mass is 32.1. The number of hydrogen-bond acceptors (Lipinski definition) is 4. The minimum absolute atomic E-state index is 0.0197. The number of fused-ring (bicyclic) bond motifs is 3. The Morgan fingerprint density at radius 2 is 2.08 bits per heavy atom. The van der Waals surface area contributed by atoms with Gasteiger partial charge in [0.2, 0.25) is 5.91 Å². The van der Waals surface area contributed by atoms with E-state index in [0.717, 1.165) is 42.3 Å². The van der Waals surface area contributed by atoms with E-state index in [0.29, 0.717) is 18.2 Å².